The van der Waals surface area contributed by atoms with E-state index in [1.54, 1.807) is 0 Å². The van der Waals surface area contributed by atoms with Crippen LogP contribution in [0.15, 0.2) is 0 Å². The molecule has 0 heterocycles. The minimum Gasteiger partial charge on any atom is -0.810 e. The van der Waals surface area contributed by atoms with Crippen molar-refractivity contribution in [1.82, 2.24) is 0 Å². The van der Waals surface area contributed by atoms with Crippen molar-refractivity contribution >= 4 is 22.8 Å². The second-order valence-corrected chi connectivity index (χ2v) is 26.2. The first-order chi connectivity index (χ1) is 31.3. The van der Waals surface area contributed by atoms with Crippen molar-refractivity contribution in [1.29, 1.82) is 0 Å². The van der Waals surface area contributed by atoms with Gasteiger partial charge in [0.2, 0.25) is 0 Å². The molecule has 414 valence electrons. The van der Waals surface area contributed by atoms with Gasteiger partial charge in [0.15, 0.2) is 0 Å². The molecule has 0 radical (unpaired) electrons. The first kappa shape index (κ1) is 78.4. The Balaban J connectivity index is -0.000000288. The minimum absolute atomic E-state index is 0. The second-order valence-electron chi connectivity index (χ2n) is 20.4. The summed E-state index contributed by atoms with van der Waals surface area (Å²) in [7, 11) is -13.6. The van der Waals surface area contributed by atoms with Crippen LogP contribution in [0.5, 0.6) is 0 Å². The third kappa shape index (κ3) is 38.1. The third-order valence-electron chi connectivity index (χ3n) is 14.5. The van der Waals surface area contributed by atoms with Crippen LogP contribution in [-0.4, -0.2) is 15.5 Å². The van der Waals surface area contributed by atoms with E-state index in [9.17, 15) is 43.1 Å². The average Bonchev–Trinajstić information content (AvgIpc) is 3.26. The van der Waals surface area contributed by atoms with Gasteiger partial charge in [-0.3, -0.25) is 0 Å². The van der Waals surface area contributed by atoms with Crippen molar-refractivity contribution in [2.75, 3.05) is 0 Å². The molecule has 0 saturated heterocycles. The molecular formula is C54H111Co2O9P3. The van der Waals surface area contributed by atoms with Gasteiger partial charge in [0.1, 0.15) is 0 Å². The van der Waals surface area contributed by atoms with Crippen LogP contribution in [0, 0.1) is 0 Å². The van der Waals surface area contributed by atoms with Crippen LogP contribution in [-0.2, 0) is 47.3 Å². The van der Waals surface area contributed by atoms with Gasteiger partial charge in [0.25, 0.3) is 0 Å². The molecule has 0 saturated carbocycles. The van der Waals surface area contributed by atoms with Crippen molar-refractivity contribution in [2.45, 2.75) is 347 Å². The Labute approximate surface area is 444 Å². The summed E-state index contributed by atoms with van der Waals surface area (Å²) in [5.41, 5.74) is 0. The molecule has 0 aromatic heterocycles. The van der Waals surface area contributed by atoms with Gasteiger partial charge in [-0.1, -0.05) is 297 Å². The maximum Gasteiger partial charge on any atom is 3.00 e. The fraction of sp³-hybridized carbons (Fsp3) is 1.00. The minimum atomic E-state index is -4.54. The van der Waals surface area contributed by atoms with Crippen molar-refractivity contribution < 1.29 is 76.6 Å². The second kappa shape index (κ2) is 49.3. The Hall–Kier alpha value is 1.46. The monoisotopic (exact) mass is 1110 g/mol. The molecule has 0 bridgehead atoms. The molecule has 0 spiro atoms. The Kier molecular flexibility index (Phi) is 56.9. The zero-order valence-corrected chi connectivity index (χ0v) is 50.6. The van der Waals surface area contributed by atoms with Crippen LogP contribution in [0.4, 0.5) is 0 Å². The Morgan fingerprint density at radius 3 is 0.426 bits per heavy atom. The van der Waals surface area contributed by atoms with E-state index < -0.39 is 38.3 Å². The van der Waals surface area contributed by atoms with Crippen LogP contribution < -0.4 is 29.4 Å². The Morgan fingerprint density at radius 2 is 0.324 bits per heavy atom. The molecule has 68 heavy (non-hydrogen) atoms. The molecule has 0 aromatic carbocycles. The Morgan fingerprint density at radius 1 is 0.221 bits per heavy atom. The van der Waals surface area contributed by atoms with Gasteiger partial charge in [-0.2, -0.15) is 0 Å². The van der Waals surface area contributed by atoms with Crippen molar-refractivity contribution in [2.24, 2.45) is 0 Å². The van der Waals surface area contributed by atoms with Crippen LogP contribution in [0.2, 0.25) is 0 Å². The summed E-state index contributed by atoms with van der Waals surface area (Å²) in [6.07, 6.45) is 39.1. The molecular weight excluding hydrogens is 1000 g/mol. The zero-order chi connectivity index (χ0) is 50.7. The van der Waals surface area contributed by atoms with E-state index in [1.165, 1.54) is 0 Å². The number of hydrogen-bond donors (Lipinski definition) is 0. The van der Waals surface area contributed by atoms with Crippen LogP contribution >= 0.6 is 22.8 Å². The van der Waals surface area contributed by atoms with Gasteiger partial charge >= 0.3 is 33.6 Å². The number of unbranched alkanes of at least 4 members (excludes halogenated alkanes) is 24. The normalized spacial score (nSPS) is 12.4. The fourth-order valence-electron chi connectivity index (χ4n) is 9.75. The summed E-state index contributed by atoms with van der Waals surface area (Å²) in [4.78, 5) is 72.3. The van der Waals surface area contributed by atoms with Gasteiger partial charge in [0, 0.05) is 0 Å². The number of rotatable bonds is 45. The average molecular weight is 1120 g/mol. The van der Waals surface area contributed by atoms with Gasteiger partial charge in [-0.25, -0.2) is 0 Å². The van der Waals surface area contributed by atoms with Crippen LogP contribution in [0.1, 0.15) is 332 Å². The zero-order valence-electron chi connectivity index (χ0n) is 45.9. The smallest absolute Gasteiger partial charge is 0.810 e. The molecule has 0 unspecified atom stereocenters. The summed E-state index contributed by atoms with van der Waals surface area (Å²) in [6, 6.07) is 0. The quantitative estimate of drug-likeness (QED) is 0.0422. The first-order valence-corrected chi connectivity index (χ1v) is 33.0. The molecule has 0 aliphatic carbocycles. The fourth-order valence-corrected chi connectivity index (χ4v) is 13.6. The van der Waals surface area contributed by atoms with Crippen molar-refractivity contribution in [3.8, 4) is 0 Å². The largest absolute Gasteiger partial charge is 3.00 e. The maximum atomic E-state index is 12.0. The maximum absolute atomic E-state index is 12.0. The predicted octanol–water partition coefficient (Wildman–Crippen LogP) is 15.5. The van der Waals surface area contributed by atoms with E-state index in [2.05, 4.69) is 62.3 Å². The SMILES string of the molecule is CCCCCCC(CCCCC)(CCCCCC)P(=O)([O-])[O-].CCCCCCC(CCCCC)(CCCCCC)P(=O)([O-])[O-].CCCCCCC(CCCCC)(CCCCCC)P(=O)([O-])[O-].[Co+3].[Co+3]. The van der Waals surface area contributed by atoms with E-state index in [-0.39, 0.29) is 33.6 Å². The molecule has 0 fully saturated rings. The molecule has 0 amide bonds. The van der Waals surface area contributed by atoms with Crippen LogP contribution in [0.25, 0.3) is 0 Å². The third-order valence-corrected chi connectivity index (χ3v) is 20.0. The molecule has 0 rings (SSSR count). The molecule has 9 nitrogen and oxygen atoms in total. The van der Waals surface area contributed by atoms with E-state index in [0.29, 0.717) is 57.8 Å². The predicted molar refractivity (Wildman–Crippen MR) is 276 cm³/mol. The van der Waals surface area contributed by atoms with E-state index in [4.69, 9.17) is 0 Å². The first-order valence-electron chi connectivity index (χ1n) is 28.4. The van der Waals surface area contributed by atoms with Gasteiger partial charge in [-0.05, 0) is 73.3 Å². The molecule has 0 N–H and O–H groups in total. The molecule has 14 heteroatoms. The summed E-state index contributed by atoms with van der Waals surface area (Å²) in [5, 5.41) is -2.91. The topological polar surface area (TPSA) is 190 Å². The molecule has 0 atom stereocenters. The van der Waals surface area contributed by atoms with Gasteiger partial charge < -0.3 is 43.1 Å². The van der Waals surface area contributed by atoms with Crippen molar-refractivity contribution in [3.63, 3.8) is 0 Å². The Bertz CT molecular complexity index is 1020. The van der Waals surface area contributed by atoms with Crippen LogP contribution in [0.3, 0.4) is 0 Å². The van der Waals surface area contributed by atoms with E-state index >= 15 is 0 Å². The molecule has 0 aliphatic heterocycles. The van der Waals surface area contributed by atoms with Crippen molar-refractivity contribution in [3.05, 3.63) is 0 Å². The molecule has 0 aliphatic rings. The van der Waals surface area contributed by atoms with Gasteiger partial charge in [0.05, 0.1) is 0 Å². The number of hydrogen-bond acceptors (Lipinski definition) is 9. The summed E-state index contributed by atoms with van der Waals surface area (Å²) >= 11 is 0. The molecule has 0 aromatic rings. The summed E-state index contributed by atoms with van der Waals surface area (Å²) in [6.45, 7) is 19.2. The van der Waals surface area contributed by atoms with E-state index in [1.807, 2.05) is 0 Å². The standard InChI is InChI=1S/3C18H39O3P.2Co/c3*1-4-7-10-13-16-18(22(19,20)21,15-12-9-6-3)17-14-11-8-5-2;;/h3*4-17H2,1-3H3,(H2,19,20,21);;/q;;;2*+3/p-6. The summed E-state index contributed by atoms with van der Waals surface area (Å²) in [5.74, 6) is 0. The van der Waals surface area contributed by atoms with E-state index in [0.717, 1.165) is 212 Å². The summed E-state index contributed by atoms with van der Waals surface area (Å²) < 4.78 is 36.1. The van der Waals surface area contributed by atoms with Gasteiger partial charge in [-0.15, -0.1) is 0 Å².